The minimum atomic E-state index is -0.875. The van der Waals surface area contributed by atoms with Gasteiger partial charge in [0.2, 0.25) is 5.91 Å². The van der Waals surface area contributed by atoms with Gasteiger partial charge in [0.25, 0.3) is 5.91 Å². The van der Waals surface area contributed by atoms with Crippen LogP contribution in [-0.4, -0.2) is 17.9 Å². The smallest absolute Gasteiger partial charge is 0.251 e. The number of carbonyl (C=O) groups excluding carboxylic acids is 2. The predicted octanol–water partition coefficient (Wildman–Crippen LogP) is 3.58. The van der Waals surface area contributed by atoms with Crippen LogP contribution in [0.15, 0.2) is 46.9 Å². The largest absolute Gasteiger partial charge is 0.368 e. The van der Waals surface area contributed by atoms with Gasteiger partial charge in [-0.15, -0.1) is 0 Å². The molecule has 0 saturated heterocycles. The van der Waals surface area contributed by atoms with Crippen LogP contribution >= 0.6 is 39.1 Å². The van der Waals surface area contributed by atoms with Gasteiger partial charge < -0.3 is 11.1 Å². The van der Waals surface area contributed by atoms with Crippen molar-refractivity contribution in [1.82, 2.24) is 5.32 Å². The Morgan fingerprint density at radius 2 is 1.91 bits per heavy atom. The second-order valence-corrected chi connectivity index (χ2v) is 6.64. The fourth-order valence-electron chi connectivity index (χ4n) is 2.00. The second-order valence-electron chi connectivity index (χ2n) is 4.88. The Hall–Kier alpha value is -1.56. The van der Waals surface area contributed by atoms with Crippen LogP contribution in [0.4, 0.5) is 0 Å². The third kappa shape index (κ3) is 4.96. The maximum atomic E-state index is 12.2. The number of hydrogen-bond donors (Lipinski definition) is 2. The molecular formula is C16H13BrCl2N2O2. The normalized spacial score (nSPS) is 11.8. The summed E-state index contributed by atoms with van der Waals surface area (Å²) in [5.41, 5.74) is 6.49. The van der Waals surface area contributed by atoms with E-state index in [1.54, 1.807) is 42.5 Å². The van der Waals surface area contributed by atoms with E-state index in [2.05, 4.69) is 21.2 Å². The van der Waals surface area contributed by atoms with Crippen LogP contribution in [0, 0.1) is 0 Å². The summed E-state index contributed by atoms with van der Waals surface area (Å²) < 4.78 is 0.765. The van der Waals surface area contributed by atoms with Crippen molar-refractivity contribution in [3.63, 3.8) is 0 Å². The van der Waals surface area contributed by atoms with Crippen LogP contribution in [0.5, 0.6) is 0 Å². The van der Waals surface area contributed by atoms with Crippen LogP contribution in [0.2, 0.25) is 10.0 Å². The molecule has 0 aliphatic heterocycles. The van der Waals surface area contributed by atoms with Crippen molar-refractivity contribution in [1.29, 1.82) is 0 Å². The highest BCUT2D eigenvalue weighted by Crippen LogP contribution is 2.22. The van der Waals surface area contributed by atoms with Crippen LogP contribution in [0.1, 0.15) is 15.9 Å². The van der Waals surface area contributed by atoms with Crippen molar-refractivity contribution < 1.29 is 9.59 Å². The van der Waals surface area contributed by atoms with Crippen molar-refractivity contribution in [2.75, 3.05) is 0 Å². The summed E-state index contributed by atoms with van der Waals surface area (Å²) in [7, 11) is 0. The molecular weight excluding hydrogens is 403 g/mol. The summed E-state index contributed by atoms with van der Waals surface area (Å²) in [6.07, 6.45) is 0.186. The summed E-state index contributed by atoms with van der Waals surface area (Å²) in [5.74, 6) is -1.03. The minimum Gasteiger partial charge on any atom is -0.368 e. The molecule has 0 bridgehead atoms. The summed E-state index contributed by atoms with van der Waals surface area (Å²) in [6.45, 7) is 0. The molecule has 1 atom stereocenters. The van der Waals surface area contributed by atoms with E-state index in [0.29, 0.717) is 21.2 Å². The van der Waals surface area contributed by atoms with Gasteiger partial charge >= 0.3 is 0 Å². The van der Waals surface area contributed by atoms with Gasteiger partial charge in [-0.05, 0) is 35.9 Å². The van der Waals surface area contributed by atoms with Gasteiger partial charge in [-0.25, -0.2) is 0 Å². The number of nitrogens with one attached hydrogen (secondary N) is 1. The summed E-state index contributed by atoms with van der Waals surface area (Å²) >= 11 is 15.2. The highest BCUT2D eigenvalue weighted by molar-refractivity contribution is 9.10. The average molecular weight is 416 g/mol. The zero-order chi connectivity index (χ0) is 17.0. The first-order valence-corrected chi connectivity index (χ1v) is 8.21. The molecule has 120 valence electrons. The summed E-state index contributed by atoms with van der Waals surface area (Å²) in [5, 5.41) is 3.53. The number of rotatable bonds is 5. The van der Waals surface area contributed by atoms with Crippen LogP contribution in [0.25, 0.3) is 0 Å². The summed E-state index contributed by atoms with van der Waals surface area (Å²) in [6, 6.07) is 10.9. The van der Waals surface area contributed by atoms with E-state index in [0.717, 1.165) is 4.47 Å². The molecule has 0 aromatic heterocycles. The topological polar surface area (TPSA) is 72.2 Å². The van der Waals surface area contributed by atoms with Gasteiger partial charge in [-0.1, -0.05) is 51.3 Å². The van der Waals surface area contributed by atoms with Gasteiger partial charge in [-0.2, -0.15) is 0 Å². The highest BCUT2D eigenvalue weighted by Gasteiger charge is 2.20. The lowest BCUT2D eigenvalue weighted by molar-refractivity contribution is -0.119. The molecule has 0 saturated carbocycles. The Bertz CT molecular complexity index is 753. The Morgan fingerprint density at radius 1 is 1.17 bits per heavy atom. The number of benzene rings is 2. The van der Waals surface area contributed by atoms with Crippen LogP contribution in [0.3, 0.4) is 0 Å². The molecule has 4 nitrogen and oxygen atoms in total. The summed E-state index contributed by atoms with van der Waals surface area (Å²) in [4.78, 5) is 23.9. The Morgan fingerprint density at radius 3 is 2.52 bits per heavy atom. The van der Waals surface area contributed by atoms with Crippen molar-refractivity contribution >= 4 is 50.9 Å². The van der Waals surface area contributed by atoms with Gasteiger partial charge in [0, 0.05) is 26.5 Å². The number of carbonyl (C=O) groups is 2. The Labute approximate surface area is 152 Å². The number of halogens is 3. The first kappa shape index (κ1) is 17.8. The van der Waals surface area contributed by atoms with Gasteiger partial charge in [0.1, 0.15) is 6.04 Å². The van der Waals surface area contributed by atoms with E-state index in [1.165, 1.54) is 0 Å². The molecule has 2 aromatic rings. The average Bonchev–Trinajstić information content (AvgIpc) is 2.48. The number of hydrogen-bond acceptors (Lipinski definition) is 2. The lowest BCUT2D eigenvalue weighted by Crippen LogP contribution is -2.45. The molecule has 0 unspecified atom stereocenters. The molecule has 0 spiro atoms. The maximum absolute atomic E-state index is 12.2. The molecule has 0 radical (unpaired) electrons. The molecule has 2 amide bonds. The minimum absolute atomic E-state index is 0.186. The highest BCUT2D eigenvalue weighted by atomic mass is 79.9. The zero-order valence-electron chi connectivity index (χ0n) is 11.9. The molecule has 7 heteroatoms. The third-order valence-electron chi connectivity index (χ3n) is 3.17. The molecule has 0 heterocycles. The predicted molar refractivity (Wildman–Crippen MR) is 94.8 cm³/mol. The fraction of sp³-hybridized carbons (Fsp3) is 0.125. The van der Waals surface area contributed by atoms with E-state index in [1.807, 2.05) is 0 Å². The lowest BCUT2D eigenvalue weighted by Gasteiger charge is -2.16. The second kappa shape index (κ2) is 7.81. The first-order valence-electron chi connectivity index (χ1n) is 6.66. The van der Waals surface area contributed by atoms with E-state index in [-0.39, 0.29) is 12.3 Å². The van der Waals surface area contributed by atoms with Crippen molar-refractivity contribution in [2.45, 2.75) is 12.5 Å². The fourth-order valence-corrected chi connectivity index (χ4v) is 2.89. The SMILES string of the molecule is NC(=O)[C@H](Cc1ccc(Cl)cc1Cl)NC(=O)c1cccc(Br)c1. The monoisotopic (exact) mass is 414 g/mol. The maximum Gasteiger partial charge on any atom is 0.251 e. The first-order chi connectivity index (χ1) is 10.9. The third-order valence-corrected chi connectivity index (χ3v) is 4.25. The molecule has 0 aliphatic carbocycles. The van der Waals surface area contributed by atoms with Gasteiger partial charge in [0.15, 0.2) is 0 Å². The molecule has 3 N–H and O–H groups in total. The standard InChI is InChI=1S/C16H13BrCl2N2O2/c17-11-3-1-2-10(6-11)16(23)21-14(15(20)22)7-9-4-5-12(18)8-13(9)19/h1-6,8,14H,7H2,(H2,20,22)(H,21,23)/t14-/m0/s1. The van der Waals surface area contributed by atoms with Crippen molar-refractivity contribution in [3.05, 3.63) is 68.1 Å². The molecule has 0 aliphatic rings. The van der Waals surface area contributed by atoms with E-state index >= 15 is 0 Å². The van der Waals surface area contributed by atoms with Gasteiger partial charge in [-0.3, -0.25) is 9.59 Å². The number of primary amides is 1. The molecule has 0 fully saturated rings. The van der Waals surface area contributed by atoms with Crippen LogP contribution in [-0.2, 0) is 11.2 Å². The van der Waals surface area contributed by atoms with E-state index < -0.39 is 11.9 Å². The molecule has 23 heavy (non-hydrogen) atoms. The van der Waals surface area contributed by atoms with Crippen LogP contribution < -0.4 is 11.1 Å². The number of nitrogens with two attached hydrogens (primary N) is 1. The lowest BCUT2D eigenvalue weighted by atomic mass is 10.0. The zero-order valence-corrected chi connectivity index (χ0v) is 15.0. The number of amides is 2. The Kier molecular flexibility index (Phi) is 6.04. The van der Waals surface area contributed by atoms with Crippen molar-refractivity contribution in [3.8, 4) is 0 Å². The Balaban J connectivity index is 2.16. The molecule has 2 aromatic carbocycles. The van der Waals surface area contributed by atoms with E-state index in [4.69, 9.17) is 28.9 Å². The van der Waals surface area contributed by atoms with E-state index in [9.17, 15) is 9.59 Å². The quantitative estimate of drug-likeness (QED) is 0.783. The van der Waals surface area contributed by atoms with Gasteiger partial charge in [0.05, 0.1) is 0 Å². The van der Waals surface area contributed by atoms with Crippen molar-refractivity contribution in [2.24, 2.45) is 5.73 Å². The molecule has 2 rings (SSSR count).